The minimum atomic E-state index is 0.416. The quantitative estimate of drug-likeness (QED) is 0.457. The van der Waals surface area contributed by atoms with Gasteiger partial charge in [-0.2, -0.15) is 4.98 Å². The second-order valence-electron chi connectivity index (χ2n) is 6.94. The average molecular weight is 381 g/mol. The lowest BCUT2D eigenvalue weighted by Gasteiger charge is -2.12. The van der Waals surface area contributed by atoms with Crippen LogP contribution < -0.4 is 0 Å². The summed E-state index contributed by atoms with van der Waals surface area (Å²) in [4.78, 5) is 8.93. The third-order valence-electron chi connectivity index (χ3n) is 5.14. The molecule has 0 N–H and O–H groups in total. The predicted molar refractivity (Wildman–Crippen MR) is 105 cm³/mol. The molecule has 0 spiro atoms. The Morgan fingerprint density at radius 2 is 1.90 bits per heavy atom. The highest BCUT2D eigenvalue weighted by atomic mass is 16.5. The first-order chi connectivity index (χ1) is 14.3. The fourth-order valence-electron chi connectivity index (χ4n) is 3.78. The van der Waals surface area contributed by atoms with Crippen LogP contribution in [0.1, 0.15) is 17.2 Å². The molecule has 0 radical (unpaired) electrons. The molecule has 0 bridgehead atoms. The van der Waals surface area contributed by atoms with E-state index in [-0.39, 0.29) is 0 Å². The number of imidazole rings is 1. The molecule has 29 heavy (non-hydrogen) atoms. The van der Waals surface area contributed by atoms with E-state index < -0.39 is 0 Å². The van der Waals surface area contributed by atoms with Crippen molar-refractivity contribution in [3.63, 3.8) is 0 Å². The standard InChI is InChI=1S/C21H15N7O/c1-13-24-21(29-25-13)20-19-10-16-11-23-26-28(16)18-9-15(14-5-3-2-4-6-14)7-8-17(18)27(19)12-22-20/h2-9,11-12H,10H2,1H3. The van der Waals surface area contributed by atoms with E-state index in [0.717, 1.165) is 33.9 Å². The van der Waals surface area contributed by atoms with Gasteiger partial charge in [0.05, 0.1) is 29.0 Å². The zero-order valence-electron chi connectivity index (χ0n) is 15.5. The fourth-order valence-corrected chi connectivity index (χ4v) is 3.78. The van der Waals surface area contributed by atoms with E-state index >= 15 is 0 Å². The summed E-state index contributed by atoms with van der Waals surface area (Å²) in [7, 11) is 0. The molecular formula is C21H15N7O. The largest absolute Gasteiger partial charge is 0.332 e. The van der Waals surface area contributed by atoms with Crippen LogP contribution in [0.5, 0.6) is 0 Å². The van der Waals surface area contributed by atoms with Gasteiger partial charge in [0, 0.05) is 6.42 Å². The summed E-state index contributed by atoms with van der Waals surface area (Å²) >= 11 is 0. The summed E-state index contributed by atoms with van der Waals surface area (Å²) in [5, 5.41) is 12.4. The minimum absolute atomic E-state index is 0.416. The van der Waals surface area contributed by atoms with Gasteiger partial charge in [-0.05, 0) is 30.2 Å². The molecule has 1 aliphatic heterocycles. The third kappa shape index (κ3) is 2.42. The molecule has 1 aliphatic rings. The van der Waals surface area contributed by atoms with Gasteiger partial charge in [-0.1, -0.05) is 46.8 Å². The first-order valence-electron chi connectivity index (χ1n) is 9.24. The first kappa shape index (κ1) is 15.9. The second kappa shape index (κ2) is 5.96. The van der Waals surface area contributed by atoms with Crippen LogP contribution >= 0.6 is 0 Å². The molecule has 140 valence electrons. The van der Waals surface area contributed by atoms with Crippen molar-refractivity contribution in [1.29, 1.82) is 0 Å². The van der Waals surface area contributed by atoms with Gasteiger partial charge in [0.25, 0.3) is 5.89 Å². The second-order valence-corrected chi connectivity index (χ2v) is 6.94. The Morgan fingerprint density at radius 1 is 1.00 bits per heavy atom. The van der Waals surface area contributed by atoms with Gasteiger partial charge in [0.15, 0.2) is 11.5 Å². The highest BCUT2D eigenvalue weighted by molar-refractivity contribution is 5.71. The van der Waals surface area contributed by atoms with Crippen LogP contribution in [0, 0.1) is 6.92 Å². The average Bonchev–Trinajstić information content (AvgIpc) is 3.47. The maximum absolute atomic E-state index is 5.37. The molecule has 0 aliphatic carbocycles. The number of hydrogen-bond acceptors (Lipinski definition) is 6. The zero-order chi connectivity index (χ0) is 19.4. The van der Waals surface area contributed by atoms with Crippen molar-refractivity contribution in [3.8, 4) is 34.1 Å². The summed E-state index contributed by atoms with van der Waals surface area (Å²) < 4.78 is 9.32. The van der Waals surface area contributed by atoms with Crippen molar-refractivity contribution in [2.75, 3.05) is 0 Å². The molecule has 0 fully saturated rings. The highest BCUT2D eigenvalue weighted by Gasteiger charge is 2.26. The number of benzene rings is 2. The van der Waals surface area contributed by atoms with Crippen molar-refractivity contribution in [2.45, 2.75) is 13.3 Å². The molecule has 0 amide bonds. The lowest BCUT2D eigenvalue weighted by molar-refractivity contribution is 0.424. The van der Waals surface area contributed by atoms with E-state index in [1.54, 1.807) is 19.4 Å². The Balaban J connectivity index is 1.59. The minimum Gasteiger partial charge on any atom is -0.332 e. The van der Waals surface area contributed by atoms with Crippen LogP contribution in [0.4, 0.5) is 0 Å². The van der Waals surface area contributed by atoms with E-state index in [2.05, 4.69) is 60.3 Å². The number of fused-ring (bicyclic) bond motifs is 5. The van der Waals surface area contributed by atoms with E-state index in [4.69, 9.17) is 4.52 Å². The summed E-state index contributed by atoms with van der Waals surface area (Å²) in [6.45, 7) is 1.79. The molecule has 8 nitrogen and oxygen atoms in total. The predicted octanol–water partition coefficient (Wildman–Crippen LogP) is 3.38. The van der Waals surface area contributed by atoms with Gasteiger partial charge in [-0.3, -0.25) is 4.57 Å². The molecule has 8 heteroatoms. The van der Waals surface area contributed by atoms with Crippen LogP contribution in [-0.2, 0) is 6.42 Å². The van der Waals surface area contributed by atoms with Gasteiger partial charge < -0.3 is 4.52 Å². The van der Waals surface area contributed by atoms with E-state index in [0.29, 0.717) is 23.8 Å². The Morgan fingerprint density at radius 3 is 2.72 bits per heavy atom. The van der Waals surface area contributed by atoms with Crippen LogP contribution in [-0.4, -0.2) is 34.7 Å². The van der Waals surface area contributed by atoms with Crippen molar-refractivity contribution in [1.82, 2.24) is 34.7 Å². The van der Waals surface area contributed by atoms with Gasteiger partial charge in [0.1, 0.15) is 6.33 Å². The lowest BCUT2D eigenvalue weighted by Crippen LogP contribution is -2.03. The Bertz CT molecular complexity index is 1350. The molecule has 5 aromatic rings. The zero-order valence-corrected chi connectivity index (χ0v) is 15.5. The SMILES string of the molecule is Cc1noc(-c2ncn3c2Cc2cnnn2-c2cc(-c4ccccc4)ccc2-3)n1. The molecule has 0 saturated carbocycles. The smallest absolute Gasteiger partial charge is 0.278 e. The van der Waals surface area contributed by atoms with Gasteiger partial charge in [0.2, 0.25) is 0 Å². The van der Waals surface area contributed by atoms with Gasteiger partial charge in [-0.25, -0.2) is 9.67 Å². The third-order valence-corrected chi connectivity index (χ3v) is 5.14. The van der Waals surface area contributed by atoms with Crippen LogP contribution in [0.2, 0.25) is 0 Å². The summed E-state index contributed by atoms with van der Waals surface area (Å²) in [6.07, 6.45) is 4.18. The Hall–Kier alpha value is -4.07. The summed E-state index contributed by atoms with van der Waals surface area (Å²) in [6, 6.07) is 16.6. The van der Waals surface area contributed by atoms with Crippen molar-refractivity contribution in [3.05, 3.63) is 78.3 Å². The molecule has 0 atom stereocenters. The van der Waals surface area contributed by atoms with E-state index in [1.165, 1.54) is 0 Å². The molecule has 3 aromatic heterocycles. The van der Waals surface area contributed by atoms with E-state index in [1.807, 2.05) is 22.9 Å². The molecule has 6 rings (SSSR count). The normalized spacial score (nSPS) is 12.2. The van der Waals surface area contributed by atoms with Crippen molar-refractivity contribution < 1.29 is 4.52 Å². The van der Waals surface area contributed by atoms with Crippen LogP contribution in [0.3, 0.4) is 0 Å². The number of aromatic nitrogens is 7. The van der Waals surface area contributed by atoms with Crippen molar-refractivity contribution >= 4 is 0 Å². The van der Waals surface area contributed by atoms with Crippen LogP contribution in [0.25, 0.3) is 34.1 Å². The molecule has 4 heterocycles. The molecular weight excluding hydrogens is 366 g/mol. The number of rotatable bonds is 2. The topological polar surface area (TPSA) is 87.5 Å². The first-order valence-corrected chi connectivity index (χ1v) is 9.24. The van der Waals surface area contributed by atoms with E-state index in [9.17, 15) is 0 Å². The Kier molecular flexibility index (Phi) is 3.28. The number of hydrogen-bond donors (Lipinski definition) is 0. The number of nitrogens with zero attached hydrogens (tertiary/aromatic N) is 7. The van der Waals surface area contributed by atoms with Crippen molar-refractivity contribution in [2.24, 2.45) is 0 Å². The number of aryl methyl sites for hydroxylation is 1. The molecule has 2 aromatic carbocycles. The lowest BCUT2D eigenvalue weighted by atomic mass is 10.0. The highest BCUT2D eigenvalue weighted by Crippen LogP contribution is 2.34. The fraction of sp³-hybridized carbons (Fsp3) is 0.0952. The van der Waals surface area contributed by atoms with Crippen LogP contribution in [0.15, 0.2) is 65.6 Å². The summed E-state index contributed by atoms with van der Waals surface area (Å²) in [5.41, 5.74) is 6.79. The maximum Gasteiger partial charge on any atom is 0.278 e. The summed E-state index contributed by atoms with van der Waals surface area (Å²) in [5.74, 6) is 0.995. The molecule has 0 unspecified atom stereocenters. The van der Waals surface area contributed by atoms with Gasteiger partial charge >= 0.3 is 0 Å². The maximum atomic E-state index is 5.37. The monoisotopic (exact) mass is 381 g/mol. The Labute approximate surface area is 165 Å². The molecule has 0 saturated heterocycles. The van der Waals surface area contributed by atoms with Gasteiger partial charge in [-0.15, -0.1) is 5.10 Å².